The Hall–Kier alpha value is -4.66. The molecule has 5 atom stereocenters. The van der Waals surface area contributed by atoms with Crippen molar-refractivity contribution in [2.45, 2.75) is 80.2 Å². The summed E-state index contributed by atoms with van der Waals surface area (Å²) in [5, 5.41) is 20.6. The number of carbonyl (C=O) groups excluding carboxylic acids is 2. The molecule has 5 N–H and O–H groups in total. The second-order valence-corrected chi connectivity index (χ2v) is 14.0. The number of hydrogen-bond acceptors (Lipinski definition) is 7. The average Bonchev–Trinajstić information content (AvgIpc) is 3.80. The molecule has 5 heterocycles. The van der Waals surface area contributed by atoms with Crippen molar-refractivity contribution >= 4 is 41.5 Å². The van der Waals surface area contributed by atoms with Crippen molar-refractivity contribution in [2.24, 2.45) is 23.7 Å². The fourth-order valence-electron chi connectivity index (χ4n) is 8.23. The van der Waals surface area contributed by atoms with Gasteiger partial charge in [0, 0.05) is 64.1 Å². The lowest BCUT2D eigenvalue weighted by Gasteiger charge is -2.26. The number of aromatic nitrogens is 2. The summed E-state index contributed by atoms with van der Waals surface area (Å²) < 4.78 is 10.8. The zero-order chi connectivity index (χ0) is 35.3. The third kappa shape index (κ3) is 5.87. The number of aromatic amines is 2. The van der Waals surface area contributed by atoms with Crippen LogP contribution in [-0.4, -0.2) is 46.8 Å². The molecule has 8 bridgehead atoms. The van der Waals surface area contributed by atoms with E-state index in [1.807, 2.05) is 13.8 Å². The summed E-state index contributed by atoms with van der Waals surface area (Å²) in [7, 11) is 1.35. The molecule has 2 saturated heterocycles. The first kappa shape index (κ1) is 34.2. The zero-order valence-corrected chi connectivity index (χ0v) is 30.0. The van der Waals surface area contributed by atoms with Crippen LogP contribution in [0.25, 0.3) is 29.6 Å². The third-order valence-corrected chi connectivity index (χ3v) is 11.1. The Morgan fingerprint density at radius 1 is 1.02 bits per heavy atom. The molecule has 1 aliphatic carbocycles. The van der Waals surface area contributed by atoms with Crippen LogP contribution in [-0.2, 0) is 25.5 Å². The minimum atomic E-state index is -0.976. The quantitative estimate of drug-likeness (QED) is 0.184. The number of fused-ring (bicyclic) bond motifs is 8. The lowest BCUT2D eigenvalue weighted by Crippen LogP contribution is -2.38. The molecule has 9 nitrogen and oxygen atoms in total. The molecule has 0 spiro atoms. The fourth-order valence-corrected chi connectivity index (χ4v) is 8.23. The van der Waals surface area contributed by atoms with Gasteiger partial charge in [-0.15, -0.1) is 6.58 Å². The second-order valence-electron chi connectivity index (χ2n) is 14.0. The number of rotatable bonds is 8. The van der Waals surface area contributed by atoms with Crippen molar-refractivity contribution in [1.29, 1.82) is 0 Å². The number of hydrogen-bond donors (Lipinski definition) is 5. The van der Waals surface area contributed by atoms with Gasteiger partial charge in [-0.2, -0.15) is 0 Å². The van der Waals surface area contributed by atoms with E-state index in [1.165, 1.54) is 23.8 Å². The van der Waals surface area contributed by atoms with Crippen LogP contribution in [0.15, 0.2) is 40.9 Å². The number of aliphatic hydroxyl groups excluding tert-OH is 1. The van der Waals surface area contributed by atoms with Crippen LogP contribution in [0, 0.1) is 37.5 Å². The number of aliphatic hydroxyl groups is 1. The Labute approximate surface area is 288 Å². The number of esters is 2. The van der Waals surface area contributed by atoms with Crippen LogP contribution >= 0.6 is 0 Å². The number of carbonyl (C=O) groups is 2. The standard InChI is InChI=1S/C40H50N4O5/c1-10-24-20(5)27-16-29-22(7)26(12-13-33(45)49-15-14-19(3)4)37(43-29)35-36(40(47)48-9)39(46)34-23(8)30(44-38(34)35)18-32-25(11-2)21(6)28(42-32)17-31(24)41-27/h11,16-18,21-22,26,36-37,41-44,46H,3,10,12-15H2,1-2,4-9H3/b25-11+,28-17-,29-16-,32-18-/t21-,22+,26+,36-,37-/m1/s1. The molecule has 0 saturated carbocycles. The summed E-state index contributed by atoms with van der Waals surface area (Å²) in [5.74, 6) is -1.70. The van der Waals surface area contributed by atoms with Crippen LogP contribution in [0.4, 0.5) is 0 Å². The topological polar surface area (TPSA) is 128 Å². The molecule has 0 radical (unpaired) electrons. The van der Waals surface area contributed by atoms with Gasteiger partial charge in [-0.25, -0.2) is 0 Å². The lowest BCUT2D eigenvalue weighted by atomic mass is 9.80. The predicted octanol–water partition coefficient (Wildman–Crippen LogP) is 5.58. The van der Waals surface area contributed by atoms with Gasteiger partial charge < -0.3 is 35.2 Å². The summed E-state index contributed by atoms with van der Waals surface area (Å²) in [5.41, 5.74) is 12.2. The van der Waals surface area contributed by atoms with Crippen molar-refractivity contribution < 1.29 is 24.2 Å². The summed E-state index contributed by atoms with van der Waals surface area (Å²) >= 11 is 0. The van der Waals surface area contributed by atoms with Gasteiger partial charge >= 0.3 is 11.9 Å². The Balaban J connectivity index is 1.57. The highest BCUT2D eigenvalue weighted by Crippen LogP contribution is 2.43. The minimum absolute atomic E-state index is 0.00285. The predicted molar refractivity (Wildman–Crippen MR) is 194 cm³/mol. The number of nitrogens with one attached hydrogen (secondary N) is 4. The summed E-state index contributed by atoms with van der Waals surface area (Å²) in [6.07, 6.45) is 10.9. The van der Waals surface area contributed by atoms with Crippen LogP contribution in [0.5, 0.6) is 0 Å². The van der Waals surface area contributed by atoms with E-state index < -0.39 is 11.9 Å². The molecule has 2 aromatic rings. The van der Waals surface area contributed by atoms with E-state index in [-0.39, 0.29) is 41.9 Å². The highest BCUT2D eigenvalue weighted by Gasteiger charge is 2.47. The van der Waals surface area contributed by atoms with E-state index >= 15 is 0 Å². The summed E-state index contributed by atoms with van der Waals surface area (Å²) in [6.45, 7) is 18.9. The van der Waals surface area contributed by atoms with E-state index in [1.54, 1.807) is 0 Å². The molecule has 4 aliphatic rings. The van der Waals surface area contributed by atoms with E-state index in [9.17, 15) is 14.7 Å². The highest BCUT2D eigenvalue weighted by molar-refractivity contribution is 5.96. The molecule has 260 valence electrons. The molecule has 0 amide bonds. The van der Waals surface area contributed by atoms with Crippen molar-refractivity contribution in [3.63, 3.8) is 0 Å². The number of ether oxygens (including phenoxy) is 2. The maximum Gasteiger partial charge on any atom is 0.320 e. The van der Waals surface area contributed by atoms with E-state index in [4.69, 9.17) is 9.47 Å². The molecule has 0 unspecified atom stereocenters. The van der Waals surface area contributed by atoms with Crippen LogP contribution in [0.1, 0.15) is 87.7 Å². The molecule has 2 aromatic heterocycles. The Bertz CT molecular complexity index is 1980. The molecule has 9 heteroatoms. The van der Waals surface area contributed by atoms with Crippen LogP contribution in [0.2, 0.25) is 0 Å². The van der Waals surface area contributed by atoms with Gasteiger partial charge in [-0.1, -0.05) is 32.4 Å². The van der Waals surface area contributed by atoms with Gasteiger partial charge in [0.05, 0.1) is 25.1 Å². The Morgan fingerprint density at radius 3 is 2.41 bits per heavy atom. The summed E-state index contributed by atoms with van der Waals surface area (Å²) in [4.78, 5) is 33.7. The normalized spacial score (nSPS) is 27.9. The van der Waals surface area contributed by atoms with Gasteiger partial charge in [0.2, 0.25) is 0 Å². The monoisotopic (exact) mass is 666 g/mol. The number of methoxy groups -OCH3 is 1. The minimum Gasteiger partial charge on any atom is -0.510 e. The van der Waals surface area contributed by atoms with Crippen molar-refractivity contribution in [1.82, 2.24) is 20.6 Å². The first-order chi connectivity index (χ1) is 23.4. The van der Waals surface area contributed by atoms with E-state index in [0.29, 0.717) is 24.7 Å². The molecule has 0 aromatic carbocycles. The SMILES string of the molecule is C=C(C)CCOC(=O)CC[C@H]1[C@H](C)/C2=C/c3[nH]c(c(CC)c3C)/C=C3\NC(=C\c4[nH]c5c(c4C)=C(O)[C@H](C(=O)OC)C=5[C@@H]1N2)/C(=C/C)[C@H]3C. The van der Waals surface area contributed by atoms with Crippen LogP contribution < -0.4 is 21.2 Å². The lowest BCUT2D eigenvalue weighted by molar-refractivity contribution is -0.144. The van der Waals surface area contributed by atoms with Crippen molar-refractivity contribution in [3.8, 4) is 0 Å². The van der Waals surface area contributed by atoms with E-state index in [2.05, 4.69) is 86.1 Å². The maximum atomic E-state index is 13.5. The molecular weight excluding hydrogens is 616 g/mol. The molecule has 2 fully saturated rings. The van der Waals surface area contributed by atoms with Crippen LogP contribution in [0.3, 0.4) is 0 Å². The van der Waals surface area contributed by atoms with Crippen molar-refractivity contribution in [2.75, 3.05) is 13.7 Å². The first-order valence-corrected chi connectivity index (χ1v) is 17.5. The number of H-pyrrole nitrogens is 2. The Kier molecular flexibility index (Phi) is 9.31. The van der Waals surface area contributed by atoms with Gasteiger partial charge in [0.1, 0.15) is 11.7 Å². The first-order valence-electron chi connectivity index (χ1n) is 17.5. The summed E-state index contributed by atoms with van der Waals surface area (Å²) in [6, 6.07) is -0.369. The fraction of sp³-hybridized carbons (Fsp3) is 0.450. The van der Waals surface area contributed by atoms with Gasteiger partial charge in [-0.3, -0.25) is 9.59 Å². The molecule has 6 rings (SSSR count). The number of allylic oxidation sites excluding steroid dienone is 4. The zero-order valence-electron chi connectivity index (χ0n) is 30.0. The highest BCUT2D eigenvalue weighted by atomic mass is 16.5. The van der Waals surface area contributed by atoms with Gasteiger partial charge in [0.25, 0.3) is 0 Å². The molecule has 3 aliphatic heterocycles. The molecule has 49 heavy (non-hydrogen) atoms. The van der Waals surface area contributed by atoms with Gasteiger partial charge in [0.15, 0.2) is 0 Å². The van der Waals surface area contributed by atoms with Gasteiger partial charge in [-0.05, 0) is 92.5 Å². The third-order valence-electron chi connectivity index (χ3n) is 11.1. The van der Waals surface area contributed by atoms with E-state index in [0.717, 1.165) is 62.7 Å². The molecular formula is C40H50N4O5. The second kappa shape index (κ2) is 13.3. The largest absolute Gasteiger partial charge is 0.510 e. The Morgan fingerprint density at radius 2 is 1.73 bits per heavy atom. The van der Waals surface area contributed by atoms with Crippen molar-refractivity contribution in [3.05, 3.63) is 85.2 Å². The average molecular weight is 667 g/mol. The smallest absolute Gasteiger partial charge is 0.320 e. The maximum absolute atomic E-state index is 13.5.